The van der Waals surface area contributed by atoms with E-state index in [-0.39, 0.29) is 5.75 Å². The first-order valence-electron chi connectivity index (χ1n) is 6.38. The molecule has 0 aliphatic heterocycles. The van der Waals surface area contributed by atoms with Crippen molar-refractivity contribution in [3.8, 4) is 28.5 Å². The summed E-state index contributed by atoms with van der Waals surface area (Å²) in [5, 5.41) is 9.92. The number of phenolic OH excluding ortho intramolecular Hbond substituents is 1. The Morgan fingerprint density at radius 2 is 1.90 bits per heavy atom. The lowest BCUT2D eigenvalue weighted by Gasteiger charge is -2.15. The van der Waals surface area contributed by atoms with E-state index in [1.165, 1.54) is 6.39 Å². The molecule has 0 saturated carbocycles. The van der Waals surface area contributed by atoms with Crippen LogP contribution in [0.4, 0.5) is 5.82 Å². The highest BCUT2D eigenvalue weighted by Gasteiger charge is 2.15. The van der Waals surface area contributed by atoms with Crippen LogP contribution in [0.3, 0.4) is 0 Å². The lowest BCUT2D eigenvalue weighted by atomic mass is 10.1. The molecule has 6 nitrogen and oxygen atoms in total. The van der Waals surface area contributed by atoms with Crippen molar-refractivity contribution in [2.24, 2.45) is 0 Å². The van der Waals surface area contributed by atoms with Crippen molar-refractivity contribution >= 4 is 5.82 Å². The van der Waals surface area contributed by atoms with E-state index in [1.54, 1.807) is 30.6 Å². The monoisotopic (exact) mass is 282 g/mol. The minimum absolute atomic E-state index is 0.148. The Morgan fingerprint density at radius 1 is 1.10 bits per heavy atom. The molecule has 0 radical (unpaired) electrons. The number of aromatic hydroxyl groups is 1. The quantitative estimate of drug-likeness (QED) is 0.795. The van der Waals surface area contributed by atoms with Crippen LogP contribution in [-0.4, -0.2) is 34.2 Å². The molecule has 6 heteroatoms. The van der Waals surface area contributed by atoms with Gasteiger partial charge in [-0.2, -0.15) is 0 Å². The first kappa shape index (κ1) is 13.1. The first-order chi connectivity index (χ1) is 10.2. The molecule has 0 unspecified atom stereocenters. The Morgan fingerprint density at radius 3 is 2.57 bits per heavy atom. The van der Waals surface area contributed by atoms with Gasteiger partial charge in [0.05, 0.1) is 17.3 Å². The molecular weight excluding hydrogens is 268 g/mol. The predicted octanol–water partition coefficient (Wildman–Crippen LogP) is 2.57. The largest absolute Gasteiger partial charge is 0.507 e. The molecule has 1 aromatic carbocycles. The third kappa shape index (κ3) is 2.43. The Bertz CT molecular complexity index is 754. The highest BCUT2D eigenvalue weighted by Crippen LogP contribution is 2.31. The number of phenols is 1. The van der Waals surface area contributed by atoms with Gasteiger partial charge >= 0.3 is 0 Å². The number of oxazole rings is 1. The number of aromatic nitrogens is 3. The lowest BCUT2D eigenvalue weighted by molar-refractivity contribution is 0.477. The molecule has 1 N–H and O–H groups in total. The summed E-state index contributed by atoms with van der Waals surface area (Å²) < 4.78 is 5.31. The zero-order valence-corrected chi connectivity index (χ0v) is 11.7. The number of benzene rings is 1. The van der Waals surface area contributed by atoms with Crippen LogP contribution in [0.2, 0.25) is 0 Å². The van der Waals surface area contributed by atoms with E-state index >= 15 is 0 Å². The maximum Gasteiger partial charge on any atom is 0.181 e. The number of para-hydroxylation sites is 1. The Hall–Kier alpha value is -2.89. The maximum atomic E-state index is 9.92. The van der Waals surface area contributed by atoms with Crippen molar-refractivity contribution in [3.63, 3.8) is 0 Å². The molecule has 106 valence electrons. The van der Waals surface area contributed by atoms with E-state index in [0.29, 0.717) is 23.0 Å². The lowest BCUT2D eigenvalue weighted by Crippen LogP contribution is -2.13. The third-order valence-corrected chi connectivity index (χ3v) is 3.03. The minimum atomic E-state index is 0.148. The summed E-state index contributed by atoms with van der Waals surface area (Å²) >= 11 is 0. The van der Waals surface area contributed by atoms with Gasteiger partial charge in [0.15, 0.2) is 18.0 Å². The summed E-state index contributed by atoms with van der Waals surface area (Å²) in [6.45, 7) is 0. The van der Waals surface area contributed by atoms with E-state index in [2.05, 4.69) is 15.0 Å². The molecular formula is C15H14N4O2. The molecule has 0 fully saturated rings. The van der Waals surface area contributed by atoms with Gasteiger partial charge in [-0.3, -0.25) is 0 Å². The van der Waals surface area contributed by atoms with E-state index < -0.39 is 0 Å². The SMILES string of the molecule is CN(C)c1nc(-c2ccccc2O)ncc1-c1cnco1. The molecule has 0 atom stereocenters. The first-order valence-corrected chi connectivity index (χ1v) is 6.38. The van der Waals surface area contributed by atoms with E-state index in [9.17, 15) is 5.11 Å². The second-order valence-corrected chi connectivity index (χ2v) is 4.71. The topological polar surface area (TPSA) is 75.3 Å². The molecule has 0 spiro atoms. The van der Waals surface area contributed by atoms with Gasteiger partial charge in [-0.15, -0.1) is 0 Å². The van der Waals surface area contributed by atoms with Crippen molar-refractivity contribution in [1.82, 2.24) is 15.0 Å². The Balaban J connectivity index is 2.14. The van der Waals surface area contributed by atoms with Gasteiger partial charge in [-0.25, -0.2) is 15.0 Å². The van der Waals surface area contributed by atoms with Crippen LogP contribution in [0.5, 0.6) is 5.75 Å². The fourth-order valence-electron chi connectivity index (χ4n) is 2.03. The van der Waals surface area contributed by atoms with Gasteiger partial charge in [-0.05, 0) is 12.1 Å². The van der Waals surface area contributed by atoms with Gasteiger partial charge in [0, 0.05) is 20.3 Å². The molecule has 2 heterocycles. The summed E-state index contributed by atoms with van der Waals surface area (Å²) in [6.07, 6.45) is 4.65. The predicted molar refractivity (Wildman–Crippen MR) is 79.0 cm³/mol. The van der Waals surface area contributed by atoms with E-state index in [0.717, 1.165) is 5.56 Å². The van der Waals surface area contributed by atoms with Crippen molar-refractivity contribution in [2.45, 2.75) is 0 Å². The zero-order valence-electron chi connectivity index (χ0n) is 11.7. The fraction of sp³-hybridized carbons (Fsp3) is 0.133. The summed E-state index contributed by atoms with van der Waals surface area (Å²) in [7, 11) is 3.77. The summed E-state index contributed by atoms with van der Waals surface area (Å²) in [4.78, 5) is 14.6. The summed E-state index contributed by atoms with van der Waals surface area (Å²) in [5.41, 5.74) is 1.33. The van der Waals surface area contributed by atoms with Gasteiger partial charge in [0.2, 0.25) is 0 Å². The van der Waals surface area contributed by atoms with Crippen LogP contribution >= 0.6 is 0 Å². The minimum Gasteiger partial charge on any atom is -0.507 e. The number of nitrogens with zero attached hydrogens (tertiary/aromatic N) is 4. The maximum absolute atomic E-state index is 9.92. The molecule has 3 aromatic rings. The van der Waals surface area contributed by atoms with Crippen LogP contribution in [-0.2, 0) is 0 Å². The second kappa shape index (κ2) is 5.24. The van der Waals surface area contributed by atoms with Crippen molar-refractivity contribution < 1.29 is 9.52 Å². The van der Waals surface area contributed by atoms with Crippen LogP contribution in [0, 0.1) is 0 Å². The molecule has 2 aromatic heterocycles. The van der Waals surface area contributed by atoms with Crippen LogP contribution in [0.1, 0.15) is 0 Å². The number of anilines is 1. The molecule has 0 amide bonds. The summed E-state index contributed by atoms with van der Waals surface area (Å²) in [5.74, 6) is 1.90. The Labute approximate surface area is 121 Å². The van der Waals surface area contributed by atoms with Crippen LogP contribution in [0.25, 0.3) is 22.7 Å². The molecule has 21 heavy (non-hydrogen) atoms. The normalized spacial score (nSPS) is 10.6. The number of hydrogen-bond donors (Lipinski definition) is 1. The standard InChI is InChI=1S/C15H14N4O2/c1-19(2)15-11(13-8-16-9-21-13)7-17-14(18-15)10-5-3-4-6-12(10)20/h3-9,20H,1-2H3. The van der Waals surface area contributed by atoms with Crippen molar-refractivity contribution in [2.75, 3.05) is 19.0 Å². The van der Waals surface area contributed by atoms with E-state index in [1.807, 2.05) is 25.1 Å². The highest BCUT2D eigenvalue weighted by atomic mass is 16.3. The Kier molecular flexibility index (Phi) is 3.27. The molecule has 0 aliphatic carbocycles. The second-order valence-electron chi connectivity index (χ2n) is 4.71. The molecule has 0 bridgehead atoms. The average Bonchev–Trinajstić information content (AvgIpc) is 3.01. The summed E-state index contributed by atoms with van der Waals surface area (Å²) in [6, 6.07) is 6.98. The number of hydrogen-bond acceptors (Lipinski definition) is 6. The average molecular weight is 282 g/mol. The third-order valence-electron chi connectivity index (χ3n) is 3.03. The molecule has 0 saturated heterocycles. The highest BCUT2D eigenvalue weighted by molar-refractivity contribution is 5.74. The molecule has 3 rings (SSSR count). The van der Waals surface area contributed by atoms with Crippen molar-refractivity contribution in [1.29, 1.82) is 0 Å². The van der Waals surface area contributed by atoms with Gasteiger partial charge in [-0.1, -0.05) is 12.1 Å². The fourth-order valence-corrected chi connectivity index (χ4v) is 2.03. The van der Waals surface area contributed by atoms with Crippen molar-refractivity contribution in [3.05, 3.63) is 43.1 Å². The van der Waals surface area contributed by atoms with E-state index in [4.69, 9.17) is 4.42 Å². The van der Waals surface area contributed by atoms with Gasteiger partial charge in [0.25, 0.3) is 0 Å². The smallest absolute Gasteiger partial charge is 0.181 e. The van der Waals surface area contributed by atoms with Crippen LogP contribution in [0.15, 0.2) is 47.5 Å². The van der Waals surface area contributed by atoms with Gasteiger partial charge in [0.1, 0.15) is 11.6 Å². The van der Waals surface area contributed by atoms with Gasteiger partial charge < -0.3 is 14.4 Å². The van der Waals surface area contributed by atoms with Crippen LogP contribution < -0.4 is 4.90 Å². The molecule has 0 aliphatic rings. The zero-order chi connectivity index (χ0) is 14.8. The number of rotatable bonds is 3.